The number of carbonyl (C=O) groups excluding carboxylic acids is 1. The van der Waals surface area contributed by atoms with Gasteiger partial charge in [-0.05, 0) is 36.1 Å². The number of hydrogen-bond acceptors (Lipinski definition) is 5. The van der Waals surface area contributed by atoms with Crippen molar-refractivity contribution in [3.63, 3.8) is 0 Å². The summed E-state index contributed by atoms with van der Waals surface area (Å²) in [6.07, 6.45) is 4.34. The molecule has 0 unspecified atom stereocenters. The van der Waals surface area contributed by atoms with Crippen molar-refractivity contribution in [2.24, 2.45) is 4.99 Å². The molecule has 166 valence electrons. The minimum absolute atomic E-state index is 0.180. The lowest BCUT2D eigenvalue weighted by Gasteiger charge is -2.35. The molecule has 1 N–H and O–H groups in total. The normalized spacial score (nSPS) is 14.5. The van der Waals surface area contributed by atoms with Gasteiger partial charge < -0.3 is 20.0 Å². The summed E-state index contributed by atoms with van der Waals surface area (Å²) in [6.45, 7) is 4.43. The second-order valence-corrected chi connectivity index (χ2v) is 8.36. The first kappa shape index (κ1) is 22.9. The molecule has 8 heteroatoms. The van der Waals surface area contributed by atoms with Crippen molar-refractivity contribution in [3.05, 3.63) is 54.2 Å². The zero-order chi connectivity index (χ0) is 22.1. The van der Waals surface area contributed by atoms with Gasteiger partial charge in [-0.2, -0.15) is 0 Å². The number of rotatable bonds is 7. The number of piperazine rings is 1. The molecular formula is C23H32N6OS. The number of nitrogens with one attached hydrogen (secondary N) is 1. The average Bonchev–Trinajstić information content (AvgIpc) is 2.82. The molecule has 0 atom stereocenters. The van der Waals surface area contributed by atoms with Gasteiger partial charge in [0, 0.05) is 70.9 Å². The smallest absolute Gasteiger partial charge is 0.224 e. The van der Waals surface area contributed by atoms with Gasteiger partial charge in [0.15, 0.2) is 5.96 Å². The summed E-state index contributed by atoms with van der Waals surface area (Å²) < 4.78 is 0. The third-order valence-corrected chi connectivity index (χ3v) is 6.12. The Morgan fingerprint density at radius 2 is 1.90 bits per heavy atom. The quantitative estimate of drug-likeness (QED) is 0.406. The highest BCUT2D eigenvalue weighted by atomic mass is 32.2. The molecule has 0 saturated carbocycles. The number of guanidine groups is 1. The fraction of sp³-hybridized carbons (Fsp3) is 0.435. The molecule has 0 spiro atoms. The Kier molecular flexibility index (Phi) is 8.58. The number of pyridine rings is 1. The molecule has 31 heavy (non-hydrogen) atoms. The summed E-state index contributed by atoms with van der Waals surface area (Å²) in [6, 6.07) is 14.5. The Hall–Kier alpha value is -2.74. The standard InChI is InChI=1S/C23H32N6OS/c1-24-23(27(2)18-19-7-9-20(31-3)10-8-19)26-13-11-22(30)29-16-14-28(15-17-29)21-6-4-5-12-25-21/h4-10,12H,11,13-18H2,1-3H3,(H,24,26). The van der Waals surface area contributed by atoms with Crippen LogP contribution in [0.15, 0.2) is 58.5 Å². The number of carbonyl (C=O) groups is 1. The minimum Gasteiger partial charge on any atom is -0.356 e. The first-order valence-electron chi connectivity index (χ1n) is 10.6. The summed E-state index contributed by atoms with van der Waals surface area (Å²) >= 11 is 1.74. The molecule has 0 radical (unpaired) electrons. The van der Waals surface area contributed by atoms with Gasteiger partial charge in [0.05, 0.1) is 0 Å². The summed E-state index contributed by atoms with van der Waals surface area (Å²) in [4.78, 5) is 28.9. The van der Waals surface area contributed by atoms with Crippen molar-refractivity contribution >= 4 is 29.4 Å². The minimum atomic E-state index is 0.180. The summed E-state index contributed by atoms with van der Waals surface area (Å²) in [5.74, 6) is 1.95. The predicted octanol–water partition coefficient (Wildman–Crippen LogP) is 2.55. The van der Waals surface area contributed by atoms with Gasteiger partial charge in [-0.15, -0.1) is 11.8 Å². The number of nitrogens with zero attached hydrogens (tertiary/aromatic N) is 5. The van der Waals surface area contributed by atoms with Crippen molar-refractivity contribution in [2.45, 2.75) is 17.9 Å². The van der Waals surface area contributed by atoms with Crippen LogP contribution in [0.1, 0.15) is 12.0 Å². The lowest BCUT2D eigenvalue weighted by Crippen LogP contribution is -2.49. The summed E-state index contributed by atoms with van der Waals surface area (Å²) in [5.41, 5.74) is 1.23. The Morgan fingerprint density at radius 3 is 2.52 bits per heavy atom. The highest BCUT2D eigenvalue weighted by Crippen LogP contribution is 2.16. The molecule has 1 saturated heterocycles. The van der Waals surface area contributed by atoms with Crippen molar-refractivity contribution < 1.29 is 4.79 Å². The molecule has 1 aromatic heterocycles. The van der Waals surface area contributed by atoms with Crippen molar-refractivity contribution in [1.29, 1.82) is 0 Å². The second kappa shape index (κ2) is 11.6. The zero-order valence-corrected chi connectivity index (χ0v) is 19.4. The average molecular weight is 441 g/mol. The zero-order valence-electron chi connectivity index (χ0n) is 18.6. The maximum absolute atomic E-state index is 12.6. The van der Waals surface area contributed by atoms with E-state index in [0.29, 0.717) is 13.0 Å². The molecule has 3 rings (SSSR count). The topological polar surface area (TPSA) is 64.1 Å². The van der Waals surface area contributed by atoms with E-state index in [9.17, 15) is 4.79 Å². The molecule has 1 amide bonds. The highest BCUT2D eigenvalue weighted by Gasteiger charge is 2.21. The van der Waals surface area contributed by atoms with Gasteiger partial charge in [-0.25, -0.2) is 4.98 Å². The number of benzene rings is 1. The Balaban J connectivity index is 1.40. The third kappa shape index (κ3) is 6.62. The molecule has 2 heterocycles. The van der Waals surface area contributed by atoms with Crippen molar-refractivity contribution in [1.82, 2.24) is 20.1 Å². The number of amides is 1. The Labute approximate surface area is 189 Å². The Bertz CT molecular complexity index is 850. The van der Waals surface area contributed by atoms with E-state index in [2.05, 4.69) is 55.6 Å². The van der Waals surface area contributed by atoms with E-state index in [-0.39, 0.29) is 5.91 Å². The lowest BCUT2D eigenvalue weighted by molar-refractivity contribution is -0.131. The summed E-state index contributed by atoms with van der Waals surface area (Å²) in [7, 11) is 3.78. The van der Waals surface area contributed by atoms with Crippen LogP contribution in [-0.2, 0) is 11.3 Å². The van der Waals surface area contributed by atoms with E-state index in [1.54, 1.807) is 18.8 Å². The van der Waals surface area contributed by atoms with E-state index in [1.807, 2.05) is 36.3 Å². The number of anilines is 1. The molecule has 1 aliphatic heterocycles. The van der Waals surface area contributed by atoms with Crippen LogP contribution < -0.4 is 10.2 Å². The van der Waals surface area contributed by atoms with Crippen LogP contribution in [0.25, 0.3) is 0 Å². The van der Waals surface area contributed by atoms with Gasteiger partial charge in [0.1, 0.15) is 5.82 Å². The number of thioether (sulfide) groups is 1. The van der Waals surface area contributed by atoms with Crippen molar-refractivity contribution in [3.8, 4) is 0 Å². The molecule has 0 aliphatic carbocycles. The van der Waals surface area contributed by atoms with Gasteiger partial charge in [-0.1, -0.05) is 18.2 Å². The van der Waals surface area contributed by atoms with E-state index < -0.39 is 0 Å². The first-order valence-corrected chi connectivity index (χ1v) is 11.8. The predicted molar refractivity (Wildman–Crippen MR) is 129 cm³/mol. The van der Waals surface area contributed by atoms with Crippen LogP contribution in [0, 0.1) is 0 Å². The number of aliphatic imine (C=N–C) groups is 1. The van der Waals surface area contributed by atoms with Gasteiger partial charge in [0.25, 0.3) is 0 Å². The number of aromatic nitrogens is 1. The molecule has 0 bridgehead atoms. The van der Waals surface area contributed by atoms with E-state index >= 15 is 0 Å². The first-order chi connectivity index (χ1) is 15.1. The fourth-order valence-electron chi connectivity index (χ4n) is 3.63. The molecule has 2 aromatic rings. The van der Waals surface area contributed by atoms with Crippen LogP contribution in [0.5, 0.6) is 0 Å². The monoisotopic (exact) mass is 440 g/mol. The fourth-order valence-corrected chi connectivity index (χ4v) is 4.04. The van der Waals surface area contributed by atoms with E-state index in [4.69, 9.17) is 0 Å². The van der Waals surface area contributed by atoms with Crippen molar-refractivity contribution in [2.75, 3.05) is 58.0 Å². The van der Waals surface area contributed by atoms with Crippen LogP contribution in [0.3, 0.4) is 0 Å². The number of hydrogen-bond donors (Lipinski definition) is 1. The van der Waals surface area contributed by atoms with E-state index in [1.165, 1.54) is 10.5 Å². The van der Waals surface area contributed by atoms with Crippen LogP contribution in [0.2, 0.25) is 0 Å². The molecular weight excluding hydrogens is 408 g/mol. The maximum atomic E-state index is 12.6. The van der Waals surface area contributed by atoms with Crippen LogP contribution in [0.4, 0.5) is 5.82 Å². The van der Waals surface area contributed by atoms with Gasteiger partial charge in [-0.3, -0.25) is 9.79 Å². The molecule has 7 nitrogen and oxygen atoms in total. The lowest BCUT2D eigenvalue weighted by atomic mass is 10.2. The highest BCUT2D eigenvalue weighted by molar-refractivity contribution is 7.98. The van der Waals surface area contributed by atoms with Crippen LogP contribution in [-0.4, -0.2) is 79.7 Å². The van der Waals surface area contributed by atoms with Crippen LogP contribution >= 0.6 is 11.8 Å². The third-order valence-electron chi connectivity index (χ3n) is 5.38. The molecule has 1 fully saturated rings. The largest absolute Gasteiger partial charge is 0.356 e. The molecule has 1 aliphatic rings. The van der Waals surface area contributed by atoms with Gasteiger partial charge in [0.2, 0.25) is 5.91 Å². The molecule has 1 aromatic carbocycles. The van der Waals surface area contributed by atoms with Gasteiger partial charge >= 0.3 is 0 Å². The SMILES string of the molecule is CN=C(NCCC(=O)N1CCN(c2ccccn2)CC1)N(C)Cc1ccc(SC)cc1. The summed E-state index contributed by atoms with van der Waals surface area (Å²) in [5, 5.41) is 3.32. The van der Waals surface area contributed by atoms with E-state index in [0.717, 1.165) is 44.5 Å². The maximum Gasteiger partial charge on any atom is 0.224 e. The Morgan fingerprint density at radius 1 is 1.16 bits per heavy atom. The second-order valence-electron chi connectivity index (χ2n) is 7.48.